The summed E-state index contributed by atoms with van der Waals surface area (Å²) in [7, 11) is 1.56. The summed E-state index contributed by atoms with van der Waals surface area (Å²) in [5.41, 5.74) is 1.98. The number of hydrogen-bond donors (Lipinski definition) is 2. The van der Waals surface area contributed by atoms with Crippen LogP contribution in [0.25, 0.3) is 16.8 Å². The van der Waals surface area contributed by atoms with Crippen LogP contribution in [0.15, 0.2) is 83.5 Å². The van der Waals surface area contributed by atoms with Gasteiger partial charge in [-0.1, -0.05) is 12.1 Å². The molecule has 32 heavy (non-hydrogen) atoms. The smallest absolute Gasteiger partial charge is 0.291 e. The molecule has 5 aromatic rings. The third kappa shape index (κ3) is 3.86. The van der Waals surface area contributed by atoms with E-state index in [4.69, 9.17) is 9.15 Å². The van der Waals surface area contributed by atoms with Crippen molar-refractivity contribution in [3.8, 4) is 11.6 Å². The number of ether oxygens (including phenoxy) is 1. The van der Waals surface area contributed by atoms with Crippen LogP contribution in [-0.2, 0) is 0 Å². The Morgan fingerprint density at radius 2 is 1.84 bits per heavy atom. The number of para-hydroxylation sites is 1. The van der Waals surface area contributed by atoms with E-state index in [2.05, 4.69) is 25.9 Å². The quantitative estimate of drug-likeness (QED) is 0.414. The number of aromatic nitrogens is 4. The second-order valence-electron chi connectivity index (χ2n) is 6.87. The third-order valence-electron chi connectivity index (χ3n) is 4.76. The SMILES string of the molecule is COc1cccc2cc(C(=O)Nc3ccc(Nc4ccc(-n5cccn5)nn4)cc3)oc12. The number of fused-ring (bicyclic) bond motifs is 1. The van der Waals surface area contributed by atoms with Crippen molar-refractivity contribution in [1.29, 1.82) is 0 Å². The molecule has 0 aliphatic carbocycles. The molecule has 5 rings (SSSR count). The van der Waals surface area contributed by atoms with E-state index in [1.165, 1.54) is 0 Å². The zero-order valence-electron chi connectivity index (χ0n) is 17.0. The molecule has 1 amide bonds. The molecule has 0 radical (unpaired) electrons. The van der Waals surface area contributed by atoms with E-state index in [9.17, 15) is 4.79 Å². The van der Waals surface area contributed by atoms with Crippen LogP contribution in [0.3, 0.4) is 0 Å². The highest BCUT2D eigenvalue weighted by Gasteiger charge is 2.15. The van der Waals surface area contributed by atoms with Crippen molar-refractivity contribution < 1.29 is 13.9 Å². The molecule has 2 N–H and O–H groups in total. The lowest BCUT2D eigenvalue weighted by atomic mass is 10.2. The molecule has 0 atom stereocenters. The molecular formula is C23H18N6O3. The van der Waals surface area contributed by atoms with Gasteiger partial charge in [-0.15, -0.1) is 10.2 Å². The molecular weight excluding hydrogens is 408 g/mol. The van der Waals surface area contributed by atoms with Crippen molar-refractivity contribution in [2.24, 2.45) is 0 Å². The van der Waals surface area contributed by atoms with Gasteiger partial charge in [-0.3, -0.25) is 4.79 Å². The van der Waals surface area contributed by atoms with Gasteiger partial charge in [0, 0.05) is 29.2 Å². The van der Waals surface area contributed by atoms with E-state index in [1.807, 2.05) is 42.5 Å². The zero-order chi connectivity index (χ0) is 21.9. The van der Waals surface area contributed by atoms with E-state index in [-0.39, 0.29) is 11.7 Å². The van der Waals surface area contributed by atoms with Crippen LogP contribution in [0.1, 0.15) is 10.6 Å². The summed E-state index contributed by atoms with van der Waals surface area (Å²) in [5, 5.41) is 19.2. The molecule has 0 aliphatic rings. The van der Waals surface area contributed by atoms with Crippen molar-refractivity contribution in [1.82, 2.24) is 20.0 Å². The predicted octanol–water partition coefficient (Wildman–Crippen LogP) is 4.41. The van der Waals surface area contributed by atoms with E-state index in [0.717, 1.165) is 11.1 Å². The molecule has 0 saturated heterocycles. The molecule has 2 aromatic carbocycles. The van der Waals surface area contributed by atoms with Gasteiger partial charge in [0.15, 0.2) is 28.7 Å². The fourth-order valence-electron chi connectivity index (χ4n) is 3.20. The third-order valence-corrected chi connectivity index (χ3v) is 4.76. The van der Waals surface area contributed by atoms with Crippen LogP contribution < -0.4 is 15.4 Å². The zero-order valence-corrected chi connectivity index (χ0v) is 17.0. The maximum Gasteiger partial charge on any atom is 0.291 e. The second-order valence-corrected chi connectivity index (χ2v) is 6.87. The molecule has 9 heteroatoms. The Morgan fingerprint density at radius 3 is 2.56 bits per heavy atom. The number of rotatable bonds is 6. The van der Waals surface area contributed by atoms with Gasteiger partial charge in [-0.05, 0) is 54.6 Å². The van der Waals surface area contributed by atoms with Crippen molar-refractivity contribution in [3.05, 3.63) is 84.9 Å². The first-order valence-corrected chi connectivity index (χ1v) is 9.78. The highest BCUT2D eigenvalue weighted by atomic mass is 16.5. The van der Waals surface area contributed by atoms with Crippen LogP contribution in [0.5, 0.6) is 5.75 Å². The van der Waals surface area contributed by atoms with E-state index in [1.54, 1.807) is 48.5 Å². The maximum atomic E-state index is 12.6. The normalized spacial score (nSPS) is 10.8. The van der Waals surface area contributed by atoms with E-state index < -0.39 is 0 Å². The van der Waals surface area contributed by atoms with E-state index in [0.29, 0.717) is 28.7 Å². The molecule has 0 aliphatic heterocycles. The van der Waals surface area contributed by atoms with Gasteiger partial charge in [0.25, 0.3) is 5.91 Å². The number of carbonyl (C=O) groups is 1. The average molecular weight is 426 g/mol. The topological polar surface area (TPSA) is 107 Å². The lowest BCUT2D eigenvalue weighted by Gasteiger charge is -2.08. The molecule has 0 spiro atoms. The van der Waals surface area contributed by atoms with Gasteiger partial charge in [0.05, 0.1) is 7.11 Å². The largest absolute Gasteiger partial charge is 0.493 e. The van der Waals surface area contributed by atoms with Crippen LogP contribution in [0, 0.1) is 0 Å². The number of amides is 1. The van der Waals surface area contributed by atoms with Crippen LogP contribution in [0.2, 0.25) is 0 Å². The molecule has 158 valence electrons. The number of carbonyl (C=O) groups excluding carboxylic acids is 1. The minimum absolute atomic E-state index is 0.208. The molecule has 3 aromatic heterocycles. The summed E-state index contributed by atoms with van der Waals surface area (Å²) in [6, 6.07) is 19.9. The second kappa shape index (κ2) is 8.23. The molecule has 0 unspecified atom stereocenters. The standard InChI is InChI=1S/C23H18N6O3/c1-31-18-5-2-4-15-14-19(32-22(15)18)23(30)26-17-8-6-16(7-9-17)25-20-10-11-21(28-27-20)29-13-3-12-24-29/h2-14H,1H3,(H,25,27)(H,26,30). The van der Waals surface area contributed by atoms with Gasteiger partial charge in [0.1, 0.15) is 0 Å². The number of hydrogen-bond acceptors (Lipinski definition) is 7. The van der Waals surface area contributed by atoms with Gasteiger partial charge in [-0.2, -0.15) is 5.10 Å². The Kier molecular flexibility index (Phi) is 4.97. The Morgan fingerprint density at radius 1 is 1.00 bits per heavy atom. The summed E-state index contributed by atoms with van der Waals surface area (Å²) in [5.74, 6) is 1.66. The van der Waals surface area contributed by atoms with Crippen LogP contribution >= 0.6 is 0 Å². The van der Waals surface area contributed by atoms with Gasteiger partial charge < -0.3 is 19.8 Å². The Bertz CT molecular complexity index is 1360. The maximum absolute atomic E-state index is 12.6. The van der Waals surface area contributed by atoms with Crippen molar-refractivity contribution in [3.63, 3.8) is 0 Å². The van der Waals surface area contributed by atoms with Gasteiger partial charge in [0.2, 0.25) is 0 Å². The number of nitrogens with one attached hydrogen (secondary N) is 2. The number of nitrogens with zero attached hydrogens (tertiary/aromatic N) is 4. The highest BCUT2D eigenvalue weighted by Crippen LogP contribution is 2.29. The summed E-state index contributed by atoms with van der Waals surface area (Å²) in [4.78, 5) is 12.6. The molecule has 0 fully saturated rings. The Hall–Kier alpha value is -4.66. The summed E-state index contributed by atoms with van der Waals surface area (Å²) < 4.78 is 12.6. The monoisotopic (exact) mass is 426 g/mol. The Labute approximate surface area is 182 Å². The molecule has 9 nitrogen and oxygen atoms in total. The minimum atomic E-state index is -0.343. The summed E-state index contributed by atoms with van der Waals surface area (Å²) in [6.07, 6.45) is 3.48. The van der Waals surface area contributed by atoms with Crippen LogP contribution in [-0.4, -0.2) is 33.0 Å². The molecule has 0 bridgehead atoms. The fourth-order valence-corrected chi connectivity index (χ4v) is 3.20. The number of benzene rings is 2. The highest BCUT2D eigenvalue weighted by molar-refractivity contribution is 6.05. The minimum Gasteiger partial charge on any atom is -0.493 e. The first kappa shape index (κ1) is 19.3. The van der Waals surface area contributed by atoms with E-state index >= 15 is 0 Å². The molecule has 0 saturated carbocycles. The summed E-state index contributed by atoms with van der Waals surface area (Å²) >= 11 is 0. The predicted molar refractivity (Wildman–Crippen MR) is 120 cm³/mol. The van der Waals surface area contributed by atoms with Crippen LogP contribution in [0.4, 0.5) is 17.2 Å². The number of furan rings is 1. The average Bonchev–Trinajstić information content (AvgIpc) is 3.51. The first-order chi connectivity index (χ1) is 15.7. The number of anilines is 3. The van der Waals surface area contributed by atoms with Crippen molar-refractivity contribution in [2.75, 3.05) is 17.7 Å². The first-order valence-electron chi connectivity index (χ1n) is 9.78. The fraction of sp³-hybridized carbons (Fsp3) is 0.0435. The van der Waals surface area contributed by atoms with Gasteiger partial charge in [-0.25, -0.2) is 4.68 Å². The number of methoxy groups -OCH3 is 1. The van der Waals surface area contributed by atoms with Crippen molar-refractivity contribution >= 4 is 34.1 Å². The molecule has 3 heterocycles. The lowest BCUT2D eigenvalue weighted by Crippen LogP contribution is -2.10. The lowest BCUT2D eigenvalue weighted by molar-refractivity contribution is 0.0998. The Balaban J connectivity index is 1.25. The van der Waals surface area contributed by atoms with Crippen molar-refractivity contribution in [2.45, 2.75) is 0 Å². The van der Waals surface area contributed by atoms with Gasteiger partial charge >= 0.3 is 0 Å². The summed E-state index contributed by atoms with van der Waals surface area (Å²) in [6.45, 7) is 0.